The third kappa shape index (κ3) is 9.82. The van der Waals surface area contributed by atoms with Gasteiger partial charge in [-0.25, -0.2) is 0 Å². The molecule has 2 unspecified atom stereocenters. The van der Waals surface area contributed by atoms with Crippen LogP contribution in [0.15, 0.2) is 0 Å². The van der Waals surface area contributed by atoms with E-state index in [4.69, 9.17) is 5.11 Å². The first-order chi connectivity index (χ1) is 9.51. The van der Waals surface area contributed by atoms with E-state index in [1.807, 2.05) is 6.92 Å². The van der Waals surface area contributed by atoms with E-state index in [1.165, 1.54) is 25.7 Å². The monoisotopic (exact) mass is 286 g/mol. The lowest BCUT2D eigenvalue weighted by molar-refractivity contribution is -0.144. The Labute approximate surface area is 122 Å². The molecule has 2 N–H and O–H groups in total. The van der Waals surface area contributed by atoms with Crippen molar-refractivity contribution in [3.63, 3.8) is 0 Å². The van der Waals surface area contributed by atoms with Gasteiger partial charge in [-0.1, -0.05) is 58.8 Å². The maximum Gasteiger partial charge on any atom is 0.306 e. The molecule has 2 atom stereocenters. The lowest BCUT2D eigenvalue weighted by Crippen LogP contribution is -2.19. The highest BCUT2D eigenvalue weighted by molar-refractivity contribution is 5.70. The van der Waals surface area contributed by atoms with E-state index < -0.39 is 11.9 Å². The van der Waals surface area contributed by atoms with Crippen molar-refractivity contribution < 1.29 is 19.8 Å². The predicted molar refractivity (Wildman–Crippen MR) is 79.8 cm³/mol. The van der Waals surface area contributed by atoms with E-state index in [-0.39, 0.29) is 18.3 Å². The topological polar surface area (TPSA) is 74.6 Å². The zero-order chi connectivity index (χ0) is 15.4. The first kappa shape index (κ1) is 18.9. The van der Waals surface area contributed by atoms with Gasteiger partial charge in [-0.15, -0.1) is 0 Å². The molecule has 0 aliphatic carbocycles. The van der Waals surface area contributed by atoms with Crippen molar-refractivity contribution in [1.82, 2.24) is 0 Å². The van der Waals surface area contributed by atoms with Crippen molar-refractivity contribution in [1.29, 1.82) is 0 Å². The van der Waals surface area contributed by atoms with Crippen LogP contribution >= 0.6 is 0 Å². The second-order valence-corrected chi connectivity index (χ2v) is 5.70. The van der Waals surface area contributed by atoms with Crippen LogP contribution in [0.2, 0.25) is 0 Å². The normalized spacial score (nSPS) is 13.9. The lowest BCUT2D eigenvalue weighted by Gasteiger charge is -2.18. The van der Waals surface area contributed by atoms with E-state index in [0.29, 0.717) is 12.8 Å². The number of carbonyl (C=O) groups is 2. The van der Waals surface area contributed by atoms with Gasteiger partial charge >= 0.3 is 11.9 Å². The molecular weight excluding hydrogens is 256 g/mol. The van der Waals surface area contributed by atoms with Gasteiger partial charge in [-0.3, -0.25) is 9.59 Å². The van der Waals surface area contributed by atoms with E-state index in [9.17, 15) is 14.7 Å². The van der Waals surface area contributed by atoms with Gasteiger partial charge in [0.2, 0.25) is 0 Å². The molecule has 0 aliphatic heterocycles. The molecule has 0 spiro atoms. The molecule has 20 heavy (non-hydrogen) atoms. The second kappa shape index (κ2) is 11.7. The fourth-order valence-electron chi connectivity index (χ4n) is 2.56. The molecule has 4 heteroatoms. The summed E-state index contributed by atoms with van der Waals surface area (Å²) in [4.78, 5) is 22.0. The van der Waals surface area contributed by atoms with Gasteiger partial charge < -0.3 is 10.2 Å². The van der Waals surface area contributed by atoms with E-state index in [0.717, 1.165) is 19.3 Å². The van der Waals surface area contributed by atoms with Crippen molar-refractivity contribution in [3.8, 4) is 0 Å². The van der Waals surface area contributed by atoms with Crippen molar-refractivity contribution >= 4 is 11.9 Å². The Balaban J connectivity index is 4.02. The average molecular weight is 286 g/mol. The largest absolute Gasteiger partial charge is 0.481 e. The van der Waals surface area contributed by atoms with Crippen LogP contribution in [-0.4, -0.2) is 22.2 Å². The summed E-state index contributed by atoms with van der Waals surface area (Å²) in [6.07, 6.45) is 8.86. The SMILES string of the molecule is CCCCCCCCC(CC(CC)CC(=O)O)C(=O)O. The Bertz CT molecular complexity index is 276. The molecule has 0 fully saturated rings. The molecule has 0 saturated heterocycles. The van der Waals surface area contributed by atoms with E-state index in [2.05, 4.69) is 6.92 Å². The molecular formula is C16H30O4. The number of carboxylic acid groups (broad SMARTS) is 2. The molecule has 0 aliphatic rings. The maximum atomic E-state index is 11.3. The summed E-state index contributed by atoms with van der Waals surface area (Å²) >= 11 is 0. The van der Waals surface area contributed by atoms with Gasteiger partial charge in [0.25, 0.3) is 0 Å². The van der Waals surface area contributed by atoms with E-state index >= 15 is 0 Å². The summed E-state index contributed by atoms with van der Waals surface area (Å²) in [6, 6.07) is 0. The van der Waals surface area contributed by atoms with Gasteiger partial charge in [-0.05, 0) is 18.8 Å². The van der Waals surface area contributed by atoms with Crippen LogP contribution in [0.25, 0.3) is 0 Å². The summed E-state index contributed by atoms with van der Waals surface area (Å²) in [6.45, 7) is 4.10. The Kier molecular flexibility index (Phi) is 11.1. The van der Waals surface area contributed by atoms with Gasteiger partial charge in [0, 0.05) is 6.42 Å². The smallest absolute Gasteiger partial charge is 0.306 e. The van der Waals surface area contributed by atoms with Crippen LogP contribution in [0.3, 0.4) is 0 Å². The highest BCUT2D eigenvalue weighted by Crippen LogP contribution is 2.24. The van der Waals surface area contributed by atoms with Crippen LogP contribution in [0.5, 0.6) is 0 Å². The summed E-state index contributed by atoms with van der Waals surface area (Å²) in [5, 5.41) is 18.1. The lowest BCUT2D eigenvalue weighted by atomic mass is 9.87. The van der Waals surface area contributed by atoms with Crippen molar-refractivity contribution in [2.24, 2.45) is 11.8 Å². The molecule has 0 heterocycles. The molecule has 0 bridgehead atoms. The van der Waals surface area contributed by atoms with Gasteiger partial charge in [-0.2, -0.15) is 0 Å². The summed E-state index contributed by atoms with van der Waals surface area (Å²) in [5.74, 6) is -2.01. The number of rotatable bonds is 13. The Morgan fingerprint density at radius 2 is 1.55 bits per heavy atom. The number of hydrogen-bond donors (Lipinski definition) is 2. The van der Waals surface area contributed by atoms with Gasteiger partial charge in [0.05, 0.1) is 5.92 Å². The fraction of sp³-hybridized carbons (Fsp3) is 0.875. The first-order valence-electron chi connectivity index (χ1n) is 7.95. The quantitative estimate of drug-likeness (QED) is 0.494. The highest BCUT2D eigenvalue weighted by atomic mass is 16.4. The predicted octanol–water partition coefficient (Wildman–Crippen LogP) is 4.33. The standard InChI is InChI=1S/C16H30O4/c1-3-5-6-7-8-9-10-14(16(19)20)11-13(4-2)12-15(17)18/h13-14H,3-12H2,1-2H3,(H,17,18)(H,19,20). The molecule has 0 amide bonds. The van der Waals surface area contributed by atoms with Crippen LogP contribution in [0.4, 0.5) is 0 Å². The Morgan fingerprint density at radius 1 is 0.950 bits per heavy atom. The number of aliphatic carboxylic acids is 2. The summed E-state index contributed by atoms with van der Waals surface area (Å²) in [7, 11) is 0. The second-order valence-electron chi connectivity index (χ2n) is 5.70. The summed E-state index contributed by atoms with van der Waals surface area (Å²) in [5.41, 5.74) is 0. The zero-order valence-corrected chi connectivity index (χ0v) is 12.9. The zero-order valence-electron chi connectivity index (χ0n) is 12.9. The molecule has 0 saturated carbocycles. The van der Waals surface area contributed by atoms with Crippen LogP contribution < -0.4 is 0 Å². The minimum atomic E-state index is -0.833. The highest BCUT2D eigenvalue weighted by Gasteiger charge is 2.22. The third-order valence-corrected chi connectivity index (χ3v) is 3.91. The summed E-state index contributed by atoms with van der Waals surface area (Å²) < 4.78 is 0. The molecule has 118 valence electrons. The van der Waals surface area contributed by atoms with Gasteiger partial charge in [0.1, 0.15) is 0 Å². The van der Waals surface area contributed by atoms with Crippen LogP contribution in [0, 0.1) is 11.8 Å². The van der Waals surface area contributed by atoms with Crippen LogP contribution in [0.1, 0.15) is 78.1 Å². The molecule has 0 aromatic heterocycles. The third-order valence-electron chi connectivity index (χ3n) is 3.91. The molecule has 4 nitrogen and oxygen atoms in total. The van der Waals surface area contributed by atoms with E-state index in [1.54, 1.807) is 0 Å². The average Bonchev–Trinajstić information content (AvgIpc) is 2.39. The Morgan fingerprint density at radius 3 is 2.05 bits per heavy atom. The van der Waals surface area contributed by atoms with Crippen molar-refractivity contribution in [3.05, 3.63) is 0 Å². The molecule has 0 radical (unpaired) electrons. The first-order valence-corrected chi connectivity index (χ1v) is 7.95. The minimum Gasteiger partial charge on any atom is -0.481 e. The number of hydrogen-bond acceptors (Lipinski definition) is 2. The van der Waals surface area contributed by atoms with Gasteiger partial charge in [0.15, 0.2) is 0 Å². The number of unbranched alkanes of at least 4 members (excludes halogenated alkanes) is 5. The van der Waals surface area contributed by atoms with Crippen molar-refractivity contribution in [2.45, 2.75) is 78.1 Å². The molecule has 0 aromatic rings. The number of carboxylic acids is 2. The van der Waals surface area contributed by atoms with Crippen molar-refractivity contribution in [2.75, 3.05) is 0 Å². The van der Waals surface area contributed by atoms with Crippen LogP contribution in [-0.2, 0) is 9.59 Å². The molecule has 0 rings (SSSR count). The minimum absolute atomic E-state index is 0.0197. The fourth-order valence-corrected chi connectivity index (χ4v) is 2.56. The Hall–Kier alpha value is -1.06. The molecule has 0 aromatic carbocycles. The maximum absolute atomic E-state index is 11.3.